The summed E-state index contributed by atoms with van der Waals surface area (Å²) in [4.78, 5) is 25.3. The zero-order chi connectivity index (χ0) is 16.9. The Morgan fingerprint density at radius 2 is 1.92 bits per heavy atom. The van der Waals surface area contributed by atoms with Gasteiger partial charge in [-0.1, -0.05) is 36.4 Å². The standard InChI is InChI=1S/C19H19NO4/c21-18(20-11-5-10-17(20)19(22)23)15-8-4-9-16(12-15)24-13-14-6-2-1-3-7-14/h1-4,6-9,12,17H,5,10-11,13H2,(H,22,23)/t17-/m0/s1. The van der Waals surface area contributed by atoms with Crippen molar-refractivity contribution in [1.82, 2.24) is 4.90 Å². The van der Waals surface area contributed by atoms with Crippen molar-refractivity contribution in [3.63, 3.8) is 0 Å². The number of likely N-dealkylation sites (tertiary alicyclic amines) is 1. The summed E-state index contributed by atoms with van der Waals surface area (Å²) < 4.78 is 5.73. The maximum absolute atomic E-state index is 12.6. The molecule has 1 saturated heterocycles. The van der Waals surface area contributed by atoms with E-state index in [1.54, 1.807) is 24.3 Å². The van der Waals surface area contributed by atoms with Crippen LogP contribution in [-0.4, -0.2) is 34.5 Å². The van der Waals surface area contributed by atoms with Crippen LogP contribution < -0.4 is 4.74 Å². The van der Waals surface area contributed by atoms with Gasteiger partial charge in [0.15, 0.2) is 0 Å². The first-order valence-corrected chi connectivity index (χ1v) is 7.96. The largest absolute Gasteiger partial charge is 0.489 e. The molecule has 1 aliphatic rings. The number of nitrogens with zero attached hydrogens (tertiary/aromatic N) is 1. The highest BCUT2D eigenvalue weighted by Gasteiger charge is 2.34. The van der Waals surface area contributed by atoms with Crippen LogP contribution in [0.1, 0.15) is 28.8 Å². The highest BCUT2D eigenvalue weighted by Crippen LogP contribution is 2.22. The van der Waals surface area contributed by atoms with Crippen LogP contribution in [-0.2, 0) is 11.4 Å². The molecular weight excluding hydrogens is 306 g/mol. The quantitative estimate of drug-likeness (QED) is 0.918. The van der Waals surface area contributed by atoms with Crippen molar-refractivity contribution in [2.45, 2.75) is 25.5 Å². The maximum atomic E-state index is 12.6. The smallest absolute Gasteiger partial charge is 0.326 e. The van der Waals surface area contributed by atoms with Crippen molar-refractivity contribution in [2.24, 2.45) is 0 Å². The van der Waals surface area contributed by atoms with Crippen LogP contribution in [0.2, 0.25) is 0 Å². The monoisotopic (exact) mass is 325 g/mol. The van der Waals surface area contributed by atoms with Crippen LogP contribution in [0.4, 0.5) is 0 Å². The number of benzene rings is 2. The molecule has 0 bridgehead atoms. The minimum absolute atomic E-state index is 0.259. The third-order valence-corrected chi connectivity index (χ3v) is 4.13. The molecule has 1 aliphatic heterocycles. The van der Waals surface area contributed by atoms with Gasteiger partial charge in [0.2, 0.25) is 0 Å². The van der Waals surface area contributed by atoms with E-state index in [9.17, 15) is 14.7 Å². The first-order valence-electron chi connectivity index (χ1n) is 7.96. The number of hydrogen-bond donors (Lipinski definition) is 1. The van der Waals surface area contributed by atoms with E-state index in [1.807, 2.05) is 30.3 Å². The number of carbonyl (C=O) groups excluding carboxylic acids is 1. The van der Waals surface area contributed by atoms with Gasteiger partial charge in [-0.25, -0.2) is 4.79 Å². The molecule has 0 aliphatic carbocycles. The van der Waals surface area contributed by atoms with Gasteiger partial charge in [-0.05, 0) is 36.6 Å². The minimum Gasteiger partial charge on any atom is -0.489 e. The lowest BCUT2D eigenvalue weighted by Crippen LogP contribution is -2.40. The first-order chi connectivity index (χ1) is 11.6. The summed E-state index contributed by atoms with van der Waals surface area (Å²) in [6.45, 7) is 0.894. The summed E-state index contributed by atoms with van der Waals surface area (Å²) in [5.74, 6) is -0.613. The van der Waals surface area contributed by atoms with Crippen LogP contribution in [0.5, 0.6) is 5.75 Å². The zero-order valence-corrected chi connectivity index (χ0v) is 13.2. The Morgan fingerprint density at radius 1 is 1.12 bits per heavy atom. The number of carbonyl (C=O) groups is 2. The van der Waals surface area contributed by atoms with Crippen LogP contribution in [0.15, 0.2) is 54.6 Å². The second-order valence-electron chi connectivity index (χ2n) is 5.80. The topological polar surface area (TPSA) is 66.8 Å². The second kappa shape index (κ2) is 7.17. The molecule has 3 rings (SSSR count). The Hall–Kier alpha value is -2.82. The minimum atomic E-state index is -0.947. The Bertz CT molecular complexity index is 729. The number of amides is 1. The molecule has 1 atom stereocenters. The van der Waals surface area contributed by atoms with E-state index in [2.05, 4.69) is 0 Å². The van der Waals surface area contributed by atoms with Gasteiger partial charge in [0, 0.05) is 12.1 Å². The Labute approximate surface area is 140 Å². The summed E-state index contributed by atoms with van der Waals surface area (Å²) in [7, 11) is 0. The summed E-state index contributed by atoms with van der Waals surface area (Å²) in [6.07, 6.45) is 1.22. The number of aliphatic carboxylic acids is 1. The SMILES string of the molecule is O=C(O)[C@@H]1CCCN1C(=O)c1cccc(OCc2ccccc2)c1. The van der Waals surface area contributed by atoms with Crippen molar-refractivity contribution in [3.05, 3.63) is 65.7 Å². The first kappa shape index (κ1) is 16.1. The maximum Gasteiger partial charge on any atom is 0.326 e. The van der Waals surface area contributed by atoms with Gasteiger partial charge in [0.25, 0.3) is 5.91 Å². The molecule has 0 aromatic heterocycles. The number of carboxylic acids is 1. The summed E-state index contributed by atoms with van der Waals surface area (Å²) in [5, 5.41) is 9.23. The van der Waals surface area contributed by atoms with Crippen LogP contribution in [0.3, 0.4) is 0 Å². The van der Waals surface area contributed by atoms with Crippen molar-refractivity contribution >= 4 is 11.9 Å². The molecule has 124 valence electrons. The third-order valence-electron chi connectivity index (χ3n) is 4.13. The van der Waals surface area contributed by atoms with E-state index in [-0.39, 0.29) is 5.91 Å². The van der Waals surface area contributed by atoms with E-state index < -0.39 is 12.0 Å². The van der Waals surface area contributed by atoms with Crippen LogP contribution in [0, 0.1) is 0 Å². The predicted octanol–water partition coefficient (Wildman–Crippen LogP) is 2.95. The molecule has 0 saturated carbocycles. The van der Waals surface area contributed by atoms with Crippen molar-refractivity contribution in [2.75, 3.05) is 6.54 Å². The molecule has 1 N–H and O–H groups in total. The van der Waals surface area contributed by atoms with Gasteiger partial charge in [0.1, 0.15) is 18.4 Å². The van der Waals surface area contributed by atoms with Gasteiger partial charge in [-0.3, -0.25) is 4.79 Å². The molecule has 1 fully saturated rings. The lowest BCUT2D eigenvalue weighted by molar-refractivity contribution is -0.141. The fraction of sp³-hybridized carbons (Fsp3) is 0.263. The van der Waals surface area contributed by atoms with Gasteiger partial charge in [-0.2, -0.15) is 0 Å². The molecule has 1 heterocycles. The normalized spacial score (nSPS) is 16.8. The molecule has 2 aromatic rings. The molecule has 0 unspecified atom stereocenters. The van der Waals surface area contributed by atoms with E-state index in [0.717, 1.165) is 5.56 Å². The highest BCUT2D eigenvalue weighted by molar-refractivity contribution is 5.97. The molecule has 24 heavy (non-hydrogen) atoms. The van der Waals surface area contributed by atoms with Gasteiger partial charge < -0.3 is 14.7 Å². The van der Waals surface area contributed by atoms with E-state index in [0.29, 0.717) is 37.3 Å². The average molecular weight is 325 g/mol. The lowest BCUT2D eigenvalue weighted by atomic mass is 10.1. The number of hydrogen-bond acceptors (Lipinski definition) is 3. The van der Waals surface area contributed by atoms with Gasteiger partial charge >= 0.3 is 5.97 Å². The van der Waals surface area contributed by atoms with Crippen LogP contribution >= 0.6 is 0 Å². The zero-order valence-electron chi connectivity index (χ0n) is 13.2. The molecule has 1 amide bonds. The third kappa shape index (κ3) is 3.56. The Balaban J connectivity index is 1.70. The lowest BCUT2D eigenvalue weighted by Gasteiger charge is -2.21. The average Bonchev–Trinajstić information content (AvgIpc) is 3.10. The van der Waals surface area contributed by atoms with E-state index in [1.165, 1.54) is 4.90 Å². The predicted molar refractivity (Wildman–Crippen MR) is 88.9 cm³/mol. The van der Waals surface area contributed by atoms with Crippen LogP contribution in [0.25, 0.3) is 0 Å². The van der Waals surface area contributed by atoms with E-state index in [4.69, 9.17) is 4.74 Å². The van der Waals surface area contributed by atoms with Gasteiger partial charge in [0.05, 0.1) is 0 Å². The second-order valence-corrected chi connectivity index (χ2v) is 5.80. The number of rotatable bonds is 5. The summed E-state index contributed by atoms with van der Waals surface area (Å²) in [5.41, 5.74) is 1.49. The number of carboxylic acid groups (broad SMARTS) is 1. The summed E-state index contributed by atoms with van der Waals surface area (Å²) in [6, 6.07) is 15.9. The highest BCUT2D eigenvalue weighted by atomic mass is 16.5. The Morgan fingerprint density at radius 3 is 2.67 bits per heavy atom. The molecule has 2 aromatic carbocycles. The Kier molecular flexibility index (Phi) is 4.79. The van der Waals surface area contributed by atoms with Gasteiger partial charge in [-0.15, -0.1) is 0 Å². The van der Waals surface area contributed by atoms with E-state index >= 15 is 0 Å². The fourth-order valence-corrected chi connectivity index (χ4v) is 2.89. The van der Waals surface area contributed by atoms with Crippen molar-refractivity contribution in [1.29, 1.82) is 0 Å². The fourth-order valence-electron chi connectivity index (χ4n) is 2.89. The molecular formula is C19H19NO4. The number of ether oxygens (including phenoxy) is 1. The van der Waals surface area contributed by atoms with Crippen molar-refractivity contribution in [3.8, 4) is 5.75 Å². The molecule has 0 spiro atoms. The van der Waals surface area contributed by atoms with Crippen molar-refractivity contribution < 1.29 is 19.4 Å². The molecule has 0 radical (unpaired) electrons. The molecule has 5 heteroatoms. The molecule has 5 nitrogen and oxygen atoms in total. The summed E-state index contributed by atoms with van der Waals surface area (Å²) >= 11 is 0.